The number of carbonyl (C=O) groups excluding carboxylic acids is 2. The molecule has 0 saturated carbocycles. The molecule has 0 atom stereocenters. The van der Waals surface area contributed by atoms with Crippen LogP contribution in [0.15, 0.2) is 18.2 Å². The molecule has 8 heteroatoms. The van der Waals surface area contributed by atoms with Crippen LogP contribution in [-0.2, 0) is 0 Å². The van der Waals surface area contributed by atoms with E-state index in [0.29, 0.717) is 32.8 Å². The van der Waals surface area contributed by atoms with Crippen molar-refractivity contribution in [2.45, 2.75) is 6.92 Å². The van der Waals surface area contributed by atoms with Crippen LogP contribution in [-0.4, -0.2) is 50.0 Å². The van der Waals surface area contributed by atoms with Crippen molar-refractivity contribution in [3.8, 4) is 11.5 Å². The molecule has 128 valence electrons. The van der Waals surface area contributed by atoms with Gasteiger partial charge in [0.1, 0.15) is 16.4 Å². The second-order valence-corrected chi connectivity index (χ2v) is 6.15. The van der Waals surface area contributed by atoms with Crippen LogP contribution in [0.3, 0.4) is 0 Å². The van der Waals surface area contributed by atoms with Gasteiger partial charge in [0.15, 0.2) is 5.13 Å². The molecule has 7 nitrogen and oxygen atoms in total. The van der Waals surface area contributed by atoms with Gasteiger partial charge in [-0.1, -0.05) is 11.3 Å². The lowest BCUT2D eigenvalue weighted by atomic mass is 10.2. The summed E-state index contributed by atoms with van der Waals surface area (Å²) < 4.78 is 10.3. The summed E-state index contributed by atoms with van der Waals surface area (Å²) in [6, 6.07) is 4.91. The normalized spacial score (nSPS) is 10.2. The Morgan fingerprint density at radius 3 is 2.50 bits per heavy atom. The molecule has 1 aromatic carbocycles. The zero-order valence-corrected chi connectivity index (χ0v) is 15.0. The number of aryl methyl sites for hydroxylation is 1. The van der Waals surface area contributed by atoms with Crippen molar-refractivity contribution in [3.63, 3.8) is 0 Å². The zero-order valence-electron chi connectivity index (χ0n) is 14.2. The number of nitrogens with zero attached hydrogens (tertiary/aromatic N) is 2. The van der Waals surface area contributed by atoms with Gasteiger partial charge >= 0.3 is 0 Å². The summed E-state index contributed by atoms with van der Waals surface area (Å²) in [5.41, 5.74) is 0.933. The molecule has 2 aromatic rings. The highest BCUT2D eigenvalue weighted by Crippen LogP contribution is 2.27. The smallest absolute Gasteiger partial charge is 0.265 e. The molecule has 0 unspecified atom stereocenters. The van der Waals surface area contributed by atoms with E-state index in [1.807, 2.05) is 0 Å². The molecule has 1 heterocycles. The Labute approximate surface area is 144 Å². The van der Waals surface area contributed by atoms with Crippen LogP contribution in [0.25, 0.3) is 0 Å². The van der Waals surface area contributed by atoms with E-state index in [0.717, 1.165) is 11.3 Å². The number of amides is 2. The van der Waals surface area contributed by atoms with E-state index >= 15 is 0 Å². The molecule has 0 aliphatic rings. The van der Waals surface area contributed by atoms with Crippen LogP contribution >= 0.6 is 11.3 Å². The van der Waals surface area contributed by atoms with Crippen molar-refractivity contribution >= 4 is 28.3 Å². The fraction of sp³-hybridized carbons (Fsp3) is 0.312. The molecule has 2 amide bonds. The van der Waals surface area contributed by atoms with Gasteiger partial charge in [0.25, 0.3) is 11.8 Å². The van der Waals surface area contributed by atoms with E-state index in [4.69, 9.17) is 9.47 Å². The van der Waals surface area contributed by atoms with Gasteiger partial charge in [-0.25, -0.2) is 4.98 Å². The summed E-state index contributed by atoms with van der Waals surface area (Å²) in [5, 5.41) is 3.06. The van der Waals surface area contributed by atoms with Gasteiger partial charge in [-0.15, -0.1) is 0 Å². The van der Waals surface area contributed by atoms with E-state index in [-0.39, 0.29) is 11.8 Å². The van der Waals surface area contributed by atoms with Crippen LogP contribution in [0.1, 0.15) is 25.7 Å². The van der Waals surface area contributed by atoms with Gasteiger partial charge in [0.2, 0.25) is 0 Å². The van der Waals surface area contributed by atoms with Crippen LogP contribution < -0.4 is 14.8 Å². The third kappa shape index (κ3) is 3.65. The summed E-state index contributed by atoms with van der Waals surface area (Å²) >= 11 is 1.14. The summed E-state index contributed by atoms with van der Waals surface area (Å²) in [4.78, 5) is 30.7. The second kappa shape index (κ2) is 7.31. The van der Waals surface area contributed by atoms with Crippen LogP contribution in [0.2, 0.25) is 0 Å². The first-order valence-corrected chi connectivity index (χ1v) is 7.91. The van der Waals surface area contributed by atoms with Gasteiger partial charge < -0.3 is 14.4 Å². The van der Waals surface area contributed by atoms with Crippen molar-refractivity contribution in [2.24, 2.45) is 0 Å². The van der Waals surface area contributed by atoms with Gasteiger partial charge in [-0.05, 0) is 19.1 Å². The molecule has 2 rings (SSSR count). The second-order valence-electron chi connectivity index (χ2n) is 5.15. The zero-order chi connectivity index (χ0) is 17.9. The summed E-state index contributed by atoms with van der Waals surface area (Å²) in [7, 11) is 6.35. The molecule has 1 N–H and O–H groups in total. The van der Waals surface area contributed by atoms with Crippen molar-refractivity contribution < 1.29 is 19.1 Å². The topological polar surface area (TPSA) is 80.8 Å². The van der Waals surface area contributed by atoms with Gasteiger partial charge in [-0.2, -0.15) is 0 Å². The number of rotatable bonds is 5. The molecular weight excluding hydrogens is 330 g/mol. The molecule has 1 aromatic heterocycles. The third-order valence-electron chi connectivity index (χ3n) is 3.27. The molecule has 0 radical (unpaired) electrons. The highest BCUT2D eigenvalue weighted by Gasteiger charge is 2.20. The standard InChI is InChI=1S/C16H19N3O4S/c1-9-13(15(21)19(2)3)24-16(17-9)18-14(20)11-7-6-10(22-4)8-12(11)23-5/h6-8H,1-5H3,(H,17,18,20). The molecular formula is C16H19N3O4S. The lowest BCUT2D eigenvalue weighted by Gasteiger charge is -2.09. The third-order valence-corrected chi connectivity index (χ3v) is 4.33. The van der Waals surface area contributed by atoms with Gasteiger partial charge in [0, 0.05) is 20.2 Å². The Morgan fingerprint density at radius 2 is 1.92 bits per heavy atom. The van der Waals surface area contributed by atoms with Gasteiger partial charge in [0.05, 0.1) is 25.5 Å². The number of carbonyl (C=O) groups is 2. The predicted octanol–water partition coefficient (Wildman–Crippen LogP) is 2.42. The van der Waals surface area contributed by atoms with E-state index in [1.165, 1.54) is 19.1 Å². The number of benzene rings is 1. The lowest BCUT2D eigenvalue weighted by Crippen LogP contribution is -2.21. The van der Waals surface area contributed by atoms with E-state index in [2.05, 4.69) is 10.3 Å². The van der Waals surface area contributed by atoms with Crippen LogP contribution in [0, 0.1) is 6.92 Å². The number of hydrogen-bond donors (Lipinski definition) is 1. The predicted molar refractivity (Wildman–Crippen MR) is 92.4 cm³/mol. The first-order chi connectivity index (χ1) is 11.4. The van der Waals surface area contributed by atoms with Crippen molar-refractivity contribution in [3.05, 3.63) is 34.3 Å². The Morgan fingerprint density at radius 1 is 1.21 bits per heavy atom. The molecule has 0 aliphatic carbocycles. The monoisotopic (exact) mass is 349 g/mol. The minimum atomic E-state index is -0.368. The fourth-order valence-corrected chi connectivity index (χ4v) is 2.98. The van der Waals surface area contributed by atoms with Gasteiger partial charge in [-0.3, -0.25) is 14.9 Å². The highest BCUT2D eigenvalue weighted by atomic mass is 32.1. The Bertz CT molecular complexity index is 771. The molecule has 0 saturated heterocycles. The number of anilines is 1. The van der Waals surface area contributed by atoms with Crippen molar-refractivity contribution in [1.29, 1.82) is 0 Å². The molecule has 0 bridgehead atoms. The Hall–Kier alpha value is -2.61. The molecule has 0 fully saturated rings. The number of ether oxygens (including phenoxy) is 2. The maximum atomic E-state index is 12.5. The number of thiazole rings is 1. The SMILES string of the molecule is COc1ccc(C(=O)Nc2nc(C)c(C(=O)N(C)C)s2)c(OC)c1. The number of methoxy groups -OCH3 is 2. The van der Waals surface area contributed by atoms with Crippen molar-refractivity contribution in [2.75, 3.05) is 33.6 Å². The first-order valence-electron chi connectivity index (χ1n) is 7.09. The van der Waals surface area contributed by atoms with E-state index in [9.17, 15) is 9.59 Å². The number of aromatic nitrogens is 1. The molecule has 0 aliphatic heterocycles. The minimum Gasteiger partial charge on any atom is -0.497 e. The quantitative estimate of drug-likeness (QED) is 0.897. The maximum Gasteiger partial charge on any atom is 0.265 e. The fourth-order valence-electron chi connectivity index (χ4n) is 2.00. The molecule has 0 spiro atoms. The maximum absolute atomic E-state index is 12.5. The Balaban J connectivity index is 2.24. The largest absolute Gasteiger partial charge is 0.497 e. The van der Waals surface area contributed by atoms with Crippen LogP contribution in [0.5, 0.6) is 11.5 Å². The lowest BCUT2D eigenvalue weighted by molar-refractivity contribution is 0.0831. The highest BCUT2D eigenvalue weighted by molar-refractivity contribution is 7.17. The summed E-state index contributed by atoms with van der Waals surface area (Å²) in [6.45, 7) is 1.73. The number of nitrogens with one attached hydrogen (secondary N) is 1. The average molecular weight is 349 g/mol. The van der Waals surface area contributed by atoms with E-state index < -0.39 is 0 Å². The summed E-state index contributed by atoms with van der Waals surface area (Å²) in [5.74, 6) is 0.469. The van der Waals surface area contributed by atoms with E-state index in [1.54, 1.807) is 39.2 Å². The first kappa shape index (κ1) is 17.7. The average Bonchev–Trinajstić information content (AvgIpc) is 2.93. The van der Waals surface area contributed by atoms with Crippen LogP contribution in [0.4, 0.5) is 5.13 Å². The minimum absolute atomic E-state index is 0.146. The Kier molecular flexibility index (Phi) is 5.40. The number of hydrogen-bond acceptors (Lipinski definition) is 6. The van der Waals surface area contributed by atoms with Crippen molar-refractivity contribution in [1.82, 2.24) is 9.88 Å². The molecule has 24 heavy (non-hydrogen) atoms. The summed E-state index contributed by atoms with van der Waals surface area (Å²) in [6.07, 6.45) is 0.